The molecule has 1 aromatic heterocycles. The number of rotatable bonds is 3. The van der Waals surface area contributed by atoms with Crippen molar-refractivity contribution >= 4 is 11.5 Å². The maximum atomic E-state index is 5.89. The van der Waals surface area contributed by atoms with Gasteiger partial charge in [-0.2, -0.15) is 0 Å². The normalized spacial score (nSPS) is 17.7. The minimum Gasteiger partial charge on any atom is -0.382 e. The molecule has 3 heteroatoms. The Bertz CT molecular complexity index is 330. The van der Waals surface area contributed by atoms with Crippen molar-refractivity contribution in [3.05, 3.63) is 18.3 Å². The van der Waals surface area contributed by atoms with Crippen LogP contribution in [0.1, 0.15) is 32.6 Å². The second-order valence-corrected chi connectivity index (χ2v) is 4.63. The van der Waals surface area contributed by atoms with Gasteiger partial charge in [0.05, 0.1) is 5.69 Å². The molecule has 0 aromatic carbocycles. The van der Waals surface area contributed by atoms with Crippen LogP contribution >= 0.6 is 0 Å². The average Bonchev–Trinajstić information content (AvgIpc) is 2.31. The lowest BCUT2D eigenvalue weighted by atomic mass is 9.92. The van der Waals surface area contributed by atoms with Gasteiger partial charge in [0.25, 0.3) is 0 Å². The Morgan fingerprint density at radius 3 is 2.81 bits per heavy atom. The van der Waals surface area contributed by atoms with E-state index in [4.69, 9.17) is 5.73 Å². The van der Waals surface area contributed by atoms with E-state index in [-0.39, 0.29) is 0 Å². The van der Waals surface area contributed by atoms with Crippen LogP contribution in [0, 0.1) is 5.92 Å². The van der Waals surface area contributed by atoms with Crippen LogP contribution in [0.5, 0.6) is 0 Å². The lowest BCUT2D eigenvalue weighted by Gasteiger charge is -2.33. The highest BCUT2D eigenvalue weighted by Gasteiger charge is 2.19. The number of nitrogen functional groups attached to an aromatic ring is 1. The van der Waals surface area contributed by atoms with Gasteiger partial charge in [0, 0.05) is 19.3 Å². The van der Waals surface area contributed by atoms with Crippen LogP contribution in [0.4, 0.5) is 11.5 Å². The third-order valence-electron chi connectivity index (χ3n) is 3.47. The number of nitrogens with two attached hydrogens (primary N) is 1. The first-order valence-corrected chi connectivity index (χ1v) is 6.26. The number of hydrogen-bond acceptors (Lipinski definition) is 3. The van der Waals surface area contributed by atoms with Crippen LogP contribution in [0.25, 0.3) is 0 Å². The van der Waals surface area contributed by atoms with Gasteiger partial charge in [-0.25, -0.2) is 4.98 Å². The van der Waals surface area contributed by atoms with Gasteiger partial charge in [0.2, 0.25) is 0 Å². The highest BCUT2D eigenvalue weighted by atomic mass is 15.2. The molecule has 88 valence electrons. The van der Waals surface area contributed by atoms with Gasteiger partial charge in [-0.3, -0.25) is 0 Å². The second-order valence-electron chi connectivity index (χ2n) is 4.63. The minimum atomic E-state index is 0.663. The number of anilines is 2. The quantitative estimate of drug-likeness (QED) is 0.850. The first-order chi connectivity index (χ1) is 7.81. The summed E-state index contributed by atoms with van der Waals surface area (Å²) in [5.41, 5.74) is 7.00. The van der Waals surface area contributed by atoms with Gasteiger partial charge < -0.3 is 10.6 Å². The summed E-state index contributed by atoms with van der Waals surface area (Å²) in [6.07, 6.45) is 7.02. The molecule has 0 aliphatic carbocycles. The van der Waals surface area contributed by atoms with Crippen molar-refractivity contribution in [2.75, 3.05) is 23.7 Å². The van der Waals surface area contributed by atoms with Crippen molar-refractivity contribution in [3.8, 4) is 0 Å². The molecule has 2 rings (SSSR count). The molecule has 16 heavy (non-hydrogen) atoms. The van der Waals surface area contributed by atoms with Crippen LogP contribution in [-0.2, 0) is 0 Å². The standard InChI is InChI=1S/C13H21N3/c1-2-4-11-6-9-16(10-7-11)12-5-3-8-15-13(12)14/h3,5,8,11H,2,4,6-7,9-10H2,1H3,(H2,14,15). The van der Waals surface area contributed by atoms with Crippen LogP contribution in [0.15, 0.2) is 18.3 Å². The fourth-order valence-electron chi connectivity index (χ4n) is 2.55. The first-order valence-electron chi connectivity index (χ1n) is 6.26. The van der Waals surface area contributed by atoms with Gasteiger partial charge in [-0.05, 0) is 30.9 Å². The fourth-order valence-corrected chi connectivity index (χ4v) is 2.55. The zero-order valence-electron chi connectivity index (χ0n) is 10.0. The molecule has 1 saturated heterocycles. The van der Waals surface area contributed by atoms with Gasteiger partial charge >= 0.3 is 0 Å². The van der Waals surface area contributed by atoms with Crippen molar-refractivity contribution in [3.63, 3.8) is 0 Å². The van der Waals surface area contributed by atoms with E-state index in [2.05, 4.69) is 22.9 Å². The Morgan fingerprint density at radius 2 is 2.19 bits per heavy atom. The number of pyridine rings is 1. The Balaban J connectivity index is 1.96. The zero-order valence-corrected chi connectivity index (χ0v) is 10.0. The van der Waals surface area contributed by atoms with Crippen LogP contribution < -0.4 is 10.6 Å². The molecule has 2 N–H and O–H groups in total. The molecular formula is C13H21N3. The summed E-state index contributed by atoms with van der Waals surface area (Å²) in [6.45, 7) is 4.52. The lowest BCUT2D eigenvalue weighted by molar-refractivity contribution is 0.378. The summed E-state index contributed by atoms with van der Waals surface area (Å²) >= 11 is 0. The van der Waals surface area contributed by atoms with E-state index in [1.165, 1.54) is 25.7 Å². The Labute approximate surface area is 97.7 Å². The molecule has 1 aromatic rings. The third-order valence-corrected chi connectivity index (χ3v) is 3.47. The molecule has 3 nitrogen and oxygen atoms in total. The van der Waals surface area contributed by atoms with Crippen molar-refractivity contribution in [1.29, 1.82) is 0 Å². The number of hydrogen-bond donors (Lipinski definition) is 1. The monoisotopic (exact) mass is 219 g/mol. The smallest absolute Gasteiger partial charge is 0.146 e. The van der Waals surface area contributed by atoms with Crippen molar-refractivity contribution < 1.29 is 0 Å². The molecule has 0 bridgehead atoms. The van der Waals surface area contributed by atoms with Gasteiger partial charge in [-0.1, -0.05) is 19.8 Å². The molecule has 1 aliphatic rings. The highest BCUT2D eigenvalue weighted by molar-refractivity contribution is 5.63. The predicted molar refractivity (Wildman–Crippen MR) is 68.5 cm³/mol. The third kappa shape index (κ3) is 2.46. The molecule has 0 spiro atoms. The number of aromatic nitrogens is 1. The van der Waals surface area contributed by atoms with E-state index in [1.807, 2.05) is 6.07 Å². The maximum absolute atomic E-state index is 5.89. The second kappa shape index (κ2) is 5.19. The predicted octanol–water partition coefficient (Wildman–Crippen LogP) is 2.68. The first kappa shape index (κ1) is 11.2. The van der Waals surface area contributed by atoms with Crippen LogP contribution in [-0.4, -0.2) is 18.1 Å². The summed E-state index contributed by atoms with van der Waals surface area (Å²) in [4.78, 5) is 6.52. The van der Waals surface area contributed by atoms with Gasteiger partial charge in [-0.15, -0.1) is 0 Å². The van der Waals surface area contributed by atoms with Crippen LogP contribution in [0.2, 0.25) is 0 Å². The topological polar surface area (TPSA) is 42.2 Å². The van der Waals surface area contributed by atoms with E-state index >= 15 is 0 Å². The maximum Gasteiger partial charge on any atom is 0.146 e. The molecule has 2 heterocycles. The van der Waals surface area contributed by atoms with E-state index in [1.54, 1.807) is 6.20 Å². The van der Waals surface area contributed by atoms with E-state index in [0.717, 1.165) is 24.7 Å². The van der Waals surface area contributed by atoms with Crippen LogP contribution in [0.3, 0.4) is 0 Å². The molecule has 0 atom stereocenters. The average molecular weight is 219 g/mol. The molecule has 0 amide bonds. The number of nitrogens with zero attached hydrogens (tertiary/aromatic N) is 2. The highest BCUT2D eigenvalue weighted by Crippen LogP contribution is 2.28. The Kier molecular flexibility index (Phi) is 3.65. The summed E-state index contributed by atoms with van der Waals surface area (Å²) in [7, 11) is 0. The van der Waals surface area contributed by atoms with E-state index in [9.17, 15) is 0 Å². The number of piperidine rings is 1. The largest absolute Gasteiger partial charge is 0.382 e. The van der Waals surface area contributed by atoms with Gasteiger partial charge in [0.1, 0.15) is 5.82 Å². The molecule has 0 saturated carbocycles. The summed E-state index contributed by atoms with van der Waals surface area (Å²) in [5, 5.41) is 0. The zero-order chi connectivity index (χ0) is 11.4. The summed E-state index contributed by atoms with van der Waals surface area (Å²) in [5.74, 6) is 1.58. The SMILES string of the molecule is CCCC1CCN(c2cccnc2N)CC1. The van der Waals surface area contributed by atoms with Crippen molar-refractivity contribution in [2.24, 2.45) is 5.92 Å². The minimum absolute atomic E-state index is 0.663. The van der Waals surface area contributed by atoms with Crippen molar-refractivity contribution in [2.45, 2.75) is 32.6 Å². The Hall–Kier alpha value is -1.25. The van der Waals surface area contributed by atoms with E-state index in [0.29, 0.717) is 5.82 Å². The van der Waals surface area contributed by atoms with Crippen molar-refractivity contribution in [1.82, 2.24) is 4.98 Å². The molecular weight excluding hydrogens is 198 g/mol. The van der Waals surface area contributed by atoms with Gasteiger partial charge in [0.15, 0.2) is 0 Å². The molecule has 0 radical (unpaired) electrons. The molecule has 1 fully saturated rings. The molecule has 0 unspecified atom stereocenters. The summed E-state index contributed by atoms with van der Waals surface area (Å²) in [6, 6.07) is 4.03. The fraction of sp³-hybridized carbons (Fsp3) is 0.615. The lowest BCUT2D eigenvalue weighted by Crippen LogP contribution is -2.34. The van der Waals surface area contributed by atoms with E-state index < -0.39 is 0 Å². The summed E-state index contributed by atoms with van der Waals surface area (Å²) < 4.78 is 0. The Morgan fingerprint density at radius 1 is 1.44 bits per heavy atom. The molecule has 1 aliphatic heterocycles.